The Morgan fingerprint density at radius 1 is 1.00 bits per heavy atom. The molecule has 114 valence electrons. The van der Waals surface area contributed by atoms with Gasteiger partial charge in [0, 0.05) is 0 Å². The van der Waals surface area contributed by atoms with Gasteiger partial charge >= 0.3 is 0 Å². The molecule has 0 fully saturated rings. The Balaban J connectivity index is 2.36. The largest absolute Gasteiger partial charge is 0.716 e. The first kappa shape index (κ1) is 17.0. The summed E-state index contributed by atoms with van der Waals surface area (Å²) in [4.78, 5) is 0. The highest BCUT2D eigenvalue weighted by Crippen LogP contribution is 2.22. The smallest absolute Gasteiger partial charge is 0.262 e. The summed E-state index contributed by atoms with van der Waals surface area (Å²) in [6, 6.07) is 6.80. The van der Waals surface area contributed by atoms with Crippen LogP contribution in [0.2, 0.25) is 0 Å². The zero-order chi connectivity index (χ0) is 14.8. The molecule has 1 rings (SSSR count). The van der Waals surface area contributed by atoms with Gasteiger partial charge in [-0.2, -0.15) is 0 Å². The molecule has 0 aliphatic carbocycles. The number of unbranched alkanes of at least 4 members (excludes halogenated alkanes) is 6. The van der Waals surface area contributed by atoms with Gasteiger partial charge in [0.2, 0.25) is 0 Å². The van der Waals surface area contributed by atoms with E-state index in [-0.39, 0.29) is 5.75 Å². The molecule has 4 nitrogen and oxygen atoms in total. The number of hydrogen-bond acceptors (Lipinski definition) is 4. The molecule has 0 atom stereocenters. The Bertz CT molecular complexity index is 482. The fourth-order valence-electron chi connectivity index (χ4n) is 2.17. The van der Waals surface area contributed by atoms with Crippen LogP contribution < -0.4 is 4.18 Å². The first-order valence-corrected chi connectivity index (χ1v) is 8.59. The Morgan fingerprint density at radius 3 is 2.25 bits per heavy atom. The van der Waals surface area contributed by atoms with Crippen molar-refractivity contribution < 1.29 is 17.2 Å². The fraction of sp³-hybridized carbons (Fsp3) is 0.600. The van der Waals surface area contributed by atoms with Crippen LogP contribution in [0.15, 0.2) is 24.3 Å². The van der Waals surface area contributed by atoms with Crippen molar-refractivity contribution in [2.45, 2.75) is 58.3 Å². The lowest BCUT2D eigenvalue weighted by molar-refractivity contribution is 0.370. The molecule has 0 N–H and O–H groups in total. The maximum Gasteiger partial charge on any atom is 0.262 e. The highest BCUT2D eigenvalue weighted by Gasteiger charge is 2.05. The van der Waals surface area contributed by atoms with Crippen molar-refractivity contribution in [3.8, 4) is 5.75 Å². The number of para-hydroxylation sites is 1. The lowest BCUT2D eigenvalue weighted by atomic mass is 10.0. The van der Waals surface area contributed by atoms with Crippen LogP contribution in [0.5, 0.6) is 5.75 Å². The molecular formula is C15H23O4S-. The molecule has 0 radical (unpaired) electrons. The average molecular weight is 299 g/mol. The van der Waals surface area contributed by atoms with Crippen molar-refractivity contribution >= 4 is 10.4 Å². The molecule has 0 aromatic heterocycles. The summed E-state index contributed by atoms with van der Waals surface area (Å²) < 4.78 is 36.4. The highest BCUT2D eigenvalue weighted by atomic mass is 32.3. The van der Waals surface area contributed by atoms with Crippen LogP contribution in [0.25, 0.3) is 0 Å². The molecular weight excluding hydrogens is 276 g/mol. The van der Waals surface area contributed by atoms with E-state index in [4.69, 9.17) is 0 Å². The van der Waals surface area contributed by atoms with Crippen LogP contribution in [0.1, 0.15) is 57.4 Å². The number of hydrogen-bond donors (Lipinski definition) is 0. The Hall–Kier alpha value is -1.07. The van der Waals surface area contributed by atoms with Crippen LogP contribution >= 0.6 is 0 Å². The Labute approximate surface area is 122 Å². The van der Waals surface area contributed by atoms with Gasteiger partial charge in [-0.15, -0.1) is 0 Å². The van der Waals surface area contributed by atoms with E-state index in [2.05, 4.69) is 11.1 Å². The predicted molar refractivity (Wildman–Crippen MR) is 78.5 cm³/mol. The van der Waals surface area contributed by atoms with E-state index >= 15 is 0 Å². The monoisotopic (exact) mass is 299 g/mol. The minimum atomic E-state index is -4.70. The van der Waals surface area contributed by atoms with Gasteiger partial charge in [0.05, 0.1) is 0 Å². The van der Waals surface area contributed by atoms with Gasteiger partial charge < -0.3 is 8.74 Å². The molecule has 1 aromatic carbocycles. The number of aryl methyl sites for hydroxylation is 1. The van der Waals surface area contributed by atoms with Crippen LogP contribution in [0, 0.1) is 0 Å². The van der Waals surface area contributed by atoms with Gasteiger partial charge in [-0.25, -0.2) is 8.42 Å². The fourth-order valence-corrected chi connectivity index (χ4v) is 2.56. The van der Waals surface area contributed by atoms with Gasteiger partial charge in [-0.1, -0.05) is 63.6 Å². The Kier molecular flexibility index (Phi) is 7.62. The van der Waals surface area contributed by atoms with E-state index in [9.17, 15) is 13.0 Å². The van der Waals surface area contributed by atoms with Gasteiger partial charge in [0.25, 0.3) is 10.4 Å². The molecule has 0 bridgehead atoms. The topological polar surface area (TPSA) is 66.4 Å². The predicted octanol–water partition coefficient (Wildman–Crippen LogP) is 3.82. The minimum absolute atomic E-state index is 0.161. The normalized spacial score (nSPS) is 11.5. The van der Waals surface area contributed by atoms with Gasteiger partial charge in [-0.05, 0) is 24.5 Å². The minimum Gasteiger partial charge on any atom is -0.716 e. The van der Waals surface area contributed by atoms with Crippen molar-refractivity contribution in [1.82, 2.24) is 0 Å². The second-order valence-corrected chi connectivity index (χ2v) is 5.95. The maximum atomic E-state index is 10.7. The van der Waals surface area contributed by atoms with E-state index in [1.54, 1.807) is 12.1 Å². The molecule has 0 aliphatic rings. The summed E-state index contributed by atoms with van der Waals surface area (Å²) in [5.74, 6) is 0.161. The van der Waals surface area contributed by atoms with E-state index in [0.717, 1.165) is 24.8 Å². The van der Waals surface area contributed by atoms with Crippen LogP contribution in [0.4, 0.5) is 0 Å². The second kappa shape index (κ2) is 8.97. The number of rotatable bonds is 10. The molecule has 0 aliphatic heterocycles. The zero-order valence-corrected chi connectivity index (χ0v) is 12.8. The molecule has 5 heteroatoms. The van der Waals surface area contributed by atoms with Crippen molar-refractivity contribution in [3.63, 3.8) is 0 Å². The van der Waals surface area contributed by atoms with Crippen molar-refractivity contribution in [1.29, 1.82) is 0 Å². The van der Waals surface area contributed by atoms with E-state index < -0.39 is 10.4 Å². The van der Waals surface area contributed by atoms with Crippen LogP contribution in [-0.2, 0) is 16.8 Å². The summed E-state index contributed by atoms with van der Waals surface area (Å²) in [5, 5.41) is 0. The molecule has 0 spiro atoms. The third-order valence-electron chi connectivity index (χ3n) is 3.21. The van der Waals surface area contributed by atoms with Crippen molar-refractivity contribution in [2.75, 3.05) is 0 Å². The zero-order valence-electron chi connectivity index (χ0n) is 12.0. The second-order valence-electron chi connectivity index (χ2n) is 4.97. The molecule has 0 saturated heterocycles. The van der Waals surface area contributed by atoms with Crippen LogP contribution in [0.3, 0.4) is 0 Å². The average Bonchev–Trinajstić information content (AvgIpc) is 2.38. The summed E-state index contributed by atoms with van der Waals surface area (Å²) in [7, 11) is -4.70. The van der Waals surface area contributed by atoms with E-state index in [1.165, 1.54) is 38.2 Å². The highest BCUT2D eigenvalue weighted by molar-refractivity contribution is 7.81. The summed E-state index contributed by atoms with van der Waals surface area (Å²) >= 11 is 0. The first-order valence-electron chi connectivity index (χ1n) is 7.26. The van der Waals surface area contributed by atoms with E-state index in [1.807, 2.05) is 6.07 Å². The summed E-state index contributed by atoms with van der Waals surface area (Å²) in [6.45, 7) is 2.20. The maximum absolute atomic E-state index is 10.7. The van der Waals surface area contributed by atoms with Gasteiger partial charge in [0.1, 0.15) is 5.75 Å². The summed E-state index contributed by atoms with van der Waals surface area (Å²) in [5.41, 5.74) is 0.778. The van der Waals surface area contributed by atoms with Crippen molar-refractivity contribution in [2.24, 2.45) is 0 Å². The first-order chi connectivity index (χ1) is 9.53. The molecule has 20 heavy (non-hydrogen) atoms. The number of benzene rings is 1. The van der Waals surface area contributed by atoms with E-state index in [0.29, 0.717) is 0 Å². The third kappa shape index (κ3) is 7.50. The van der Waals surface area contributed by atoms with Gasteiger partial charge in [0.15, 0.2) is 0 Å². The lowest BCUT2D eigenvalue weighted by Gasteiger charge is -2.13. The SMILES string of the molecule is CCCCCCCCCc1ccccc1OS(=O)(=O)[O-]. The standard InChI is InChI=1S/C15H24O4S/c1-2-3-4-5-6-7-8-11-14-12-9-10-13-15(14)19-20(16,17)18/h9-10,12-13H,2-8,11H2,1H3,(H,16,17,18)/p-1. The third-order valence-corrected chi connectivity index (χ3v) is 3.60. The lowest BCUT2D eigenvalue weighted by Crippen LogP contribution is -2.08. The van der Waals surface area contributed by atoms with Gasteiger partial charge in [-0.3, -0.25) is 0 Å². The molecule has 0 amide bonds. The molecule has 0 unspecified atom stereocenters. The molecule has 0 heterocycles. The molecule has 0 saturated carbocycles. The quantitative estimate of drug-likeness (QED) is 0.374. The van der Waals surface area contributed by atoms with Crippen LogP contribution in [-0.4, -0.2) is 13.0 Å². The van der Waals surface area contributed by atoms with Crippen molar-refractivity contribution in [3.05, 3.63) is 29.8 Å². The Morgan fingerprint density at radius 2 is 1.60 bits per heavy atom. The summed E-state index contributed by atoms with van der Waals surface area (Å²) in [6.07, 6.45) is 9.09. The molecule has 1 aromatic rings.